The number of halogens is 3. The van der Waals surface area contributed by atoms with Gasteiger partial charge in [-0.15, -0.1) is 0 Å². The summed E-state index contributed by atoms with van der Waals surface area (Å²) in [5, 5.41) is 0. The summed E-state index contributed by atoms with van der Waals surface area (Å²) in [6.45, 7) is 0. The van der Waals surface area contributed by atoms with Crippen LogP contribution in [-0.4, -0.2) is 19.9 Å². The zero-order valence-corrected chi connectivity index (χ0v) is 11.6. The van der Waals surface area contributed by atoms with Crippen molar-refractivity contribution in [2.75, 3.05) is 5.73 Å². The summed E-state index contributed by atoms with van der Waals surface area (Å²) >= 11 is 0. The number of alkyl halides is 3. The Hall–Kier alpha value is -3.03. The van der Waals surface area contributed by atoms with E-state index in [1.807, 2.05) is 0 Å². The molecule has 0 atom stereocenters. The molecule has 0 amide bonds. The lowest BCUT2D eigenvalue weighted by Gasteiger charge is -2.10. The molecule has 5 nitrogen and oxygen atoms in total. The van der Waals surface area contributed by atoms with Gasteiger partial charge in [0.2, 0.25) is 5.95 Å². The fourth-order valence-corrected chi connectivity index (χ4v) is 2.06. The highest BCUT2D eigenvalue weighted by Gasteiger charge is 2.32. The molecule has 0 unspecified atom stereocenters. The van der Waals surface area contributed by atoms with Crippen LogP contribution in [0.4, 0.5) is 19.1 Å². The van der Waals surface area contributed by atoms with Gasteiger partial charge >= 0.3 is 6.18 Å². The minimum absolute atomic E-state index is 0.0257. The van der Waals surface area contributed by atoms with Gasteiger partial charge in [0, 0.05) is 35.9 Å². The van der Waals surface area contributed by atoms with Crippen LogP contribution in [0.25, 0.3) is 22.4 Å². The van der Waals surface area contributed by atoms with Crippen LogP contribution in [0.2, 0.25) is 0 Å². The van der Waals surface area contributed by atoms with Gasteiger partial charge in [-0.2, -0.15) is 13.2 Å². The van der Waals surface area contributed by atoms with Crippen LogP contribution >= 0.6 is 0 Å². The van der Waals surface area contributed by atoms with Crippen molar-refractivity contribution in [1.82, 2.24) is 19.9 Å². The lowest BCUT2D eigenvalue weighted by Crippen LogP contribution is -2.07. The number of hydrogen-bond acceptors (Lipinski definition) is 5. The van der Waals surface area contributed by atoms with Crippen molar-refractivity contribution in [3.05, 3.63) is 54.7 Å². The number of nitrogen functional groups attached to an aromatic ring is 1. The highest BCUT2D eigenvalue weighted by molar-refractivity contribution is 5.80. The van der Waals surface area contributed by atoms with Crippen LogP contribution in [0, 0.1) is 0 Å². The van der Waals surface area contributed by atoms with E-state index in [1.165, 1.54) is 12.3 Å². The van der Waals surface area contributed by atoms with Crippen molar-refractivity contribution in [2.24, 2.45) is 0 Å². The molecule has 8 heteroatoms. The van der Waals surface area contributed by atoms with Crippen molar-refractivity contribution >= 4 is 5.95 Å². The normalized spacial score (nSPS) is 11.4. The van der Waals surface area contributed by atoms with Crippen LogP contribution in [-0.2, 0) is 6.18 Å². The van der Waals surface area contributed by atoms with E-state index < -0.39 is 11.9 Å². The highest BCUT2D eigenvalue weighted by atomic mass is 19.4. The zero-order chi connectivity index (χ0) is 16.4. The molecule has 3 heterocycles. The maximum Gasteiger partial charge on any atom is 0.433 e. The summed E-state index contributed by atoms with van der Waals surface area (Å²) in [5.41, 5.74) is 6.87. The molecule has 0 spiro atoms. The van der Waals surface area contributed by atoms with Crippen molar-refractivity contribution in [1.29, 1.82) is 0 Å². The second-order valence-corrected chi connectivity index (χ2v) is 4.66. The first-order chi connectivity index (χ1) is 10.9. The quantitative estimate of drug-likeness (QED) is 0.785. The molecule has 0 bridgehead atoms. The monoisotopic (exact) mass is 317 g/mol. The average Bonchev–Trinajstić information content (AvgIpc) is 2.55. The van der Waals surface area contributed by atoms with E-state index in [1.54, 1.807) is 24.5 Å². The molecule has 0 fully saturated rings. The van der Waals surface area contributed by atoms with Gasteiger partial charge in [-0.1, -0.05) is 0 Å². The number of hydrogen-bond donors (Lipinski definition) is 1. The molecule has 23 heavy (non-hydrogen) atoms. The van der Waals surface area contributed by atoms with E-state index in [9.17, 15) is 13.2 Å². The Morgan fingerprint density at radius 2 is 1.61 bits per heavy atom. The molecule has 0 aliphatic heterocycles. The number of rotatable bonds is 2. The first-order valence-electron chi connectivity index (χ1n) is 6.51. The minimum Gasteiger partial charge on any atom is -0.368 e. The van der Waals surface area contributed by atoms with Crippen molar-refractivity contribution < 1.29 is 13.2 Å². The minimum atomic E-state index is -4.49. The Balaban J connectivity index is 2.11. The molecule has 3 rings (SSSR count). The molecule has 116 valence electrons. The van der Waals surface area contributed by atoms with E-state index in [-0.39, 0.29) is 5.95 Å². The number of nitrogens with two attached hydrogens (primary N) is 1. The van der Waals surface area contributed by atoms with E-state index >= 15 is 0 Å². The summed E-state index contributed by atoms with van der Waals surface area (Å²) in [6, 6.07) is 5.71. The zero-order valence-electron chi connectivity index (χ0n) is 11.6. The molecular formula is C15H10F3N5. The summed E-state index contributed by atoms with van der Waals surface area (Å²) in [6.07, 6.45) is 1.35. The van der Waals surface area contributed by atoms with Gasteiger partial charge in [0.25, 0.3) is 0 Å². The van der Waals surface area contributed by atoms with Crippen LogP contribution in [0.1, 0.15) is 5.69 Å². The fourth-order valence-electron chi connectivity index (χ4n) is 2.06. The van der Waals surface area contributed by atoms with E-state index in [4.69, 9.17) is 5.73 Å². The van der Waals surface area contributed by atoms with Crippen LogP contribution in [0.3, 0.4) is 0 Å². The molecule has 0 radical (unpaired) electrons. The third-order valence-electron chi connectivity index (χ3n) is 3.13. The highest BCUT2D eigenvalue weighted by Crippen LogP contribution is 2.32. The third-order valence-corrected chi connectivity index (χ3v) is 3.13. The molecule has 0 saturated heterocycles. The topological polar surface area (TPSA) is 77.6 Å². The predicted molar refractivity (Wildman–Crippen MR) is 77.9 cm³/mol. The number of aromatic nitrogens is 4. The summed E-state index contributed by atoms with van der Waals surface area (Å²) in [7, 11) is 0. The van der Waals surface area contributed by atoms with Crippen molar-refractivity contribution in [3.8, 4) is 22.4 Å². The summed E-state index contributed by atoms with van der Waals surface area (Å²) in [4.78, 5) is 15.5. The predicted octanol–water partition coefficient (Wildman–Crippen LogP) is 3.20. The average molecular weight is 317 g/mol. The van der Waals surface area contributed by atoms with Gasteiger partial charge in [-0.05, 0) is 29.8 Å². The summed E-state index contributed by atoms with van der Waals surface area (Å²) in [5.74, 6) is 0.0257. The van der Waals surface area contributed by atoms with Gasteiger partial charge in [0.15, 0.2) is 0 Å². The molecule has 2 N–H and O–H groups in total. The Kier molecular flexibility index (Phi) is 3.65. The molecule has 3 aromatic rings. The summed E-state index contributed by atoms with van der Waals surface area (Å²) < 4.78 is 37.8. The van der Waals surface area contributed by atoms with Gasteiger partial charge < -0.3 is 5.73 Å². The Labute approximate surface area is 129 Å². The third kappa shape index (κ3) is 3.10. The van der Waals surface area contributed by atoms with Gasteiger partial charge in [0.1, 0.15) is 5.69 Å². The van der Waals surface area contributed by atoms with Gasteiger partial charge in [-0.3, -0.25) is 9.97 Å². The smallest absolute Gasteiger partial charge is 0.368 e. The van der Waals surface area contributed by atoms with Crippen LogP contribution < -0.4 is 5.73 Å². The first-order valence-corrected chi connectivity index (χ1v) is 6.51. The van der Waals surface area contributed by atoms with Crippen molar-refractivity contribution in [2.45, 2.75) is 6.18 Å². The molecule has 3 aromatic heterocycles. The largest absolute Gasteiger partial charge is 0.433 e. The maximum absolute atomic E-state index is 12.6. The first kappa shape index (κ1) is 14.9. The maximum atomic E-state index is 12.6. The van der Waals surface area contributed by atoms with Crippen molar-refractivity contribution in [3.63, 3.8) is 0 Å². The van der Waals surface area contributed by atoms with Crippen LogP contribution in [0.5, 0.6) is 0 Å². The lowest BCUT2D eigenvalue weighted by atomic mass is 10.0. The SMILES string of the molecule is Nc1ncc(-c2ccncc2)c(-c2ccc(C(F)(F)F)nc2)n1. The Bertz CT molecular complexity index is 817. The number of pyridine rings is 2. The molecule has 0 aliphatic rings. The lowest BCUT2D eigenvalue weighted by molar-refractivity contribution is -0.141. The second kappa shape index (κ2) is 5.64. The second-order valence-electron chi connectivity index (χ2n) is 4.66. The molecule has 0 aliphatic carbocycles. The molecule has 0 saturated carbocycles. The molecular weight excluding hydrogens is 307 g/mol. The standard InChI is InChI=1S/C15H10F3N5/c16-15(17,18)12-2-1-10(7-21-12)13-11(8-22-14(19)23-13)9-3-5-20-6-4-9/h1-8H,(H2,19,22,23). The van der Waals surface area contributed by atoms with E-state index in [0.717, 1.165) is 17.8 Å². The molecule has 0 aromatic carbocycles. The number of nitrogens with zero attached hydrogens (tertiary/aromatic N) is 4. The fraction of sp³-hybridized carbons (Fsp3) is 0.0667. The van der Waals surface area contributed by atoms with Crippen LogP contribution in [0.15, 0.2) is 49.1 Å². The van der Waals surface area contributed by atoms with E-state index in [2.05, 4.69) is 19.9 Å². The Morgan fingerprint density at radius 1 is 0.870 bits per heavy atom. The Morgan fingerprint density at radius 3 is 2.22 bits per heavy atom. The van der Waals surface area contributed by atoms with E-state index in [0.29, 0.717) is 16.8 Å². The number of anilines is 1. The van der Waals surface area contributed by atoms with Gasteiger partial charge in [0.05, 0.1) is 5.69 Å². The van der Waals surface area contributed by atoms with Gasteiger partial charge in [-0.25, -0.2) is 9.97 Å².